The largest absolute Gasteiger partial charge is 0.469 e. The Balaban J connectivity index is 1.78. The molecular weight excluding hydrogens is 336 g/mol. The van der Waals surface area contributed by atoms with Crippen molar-refractivity contribution in [3.8, 4) is 11.5 Å². The number of ketones is 1. The molecule has 5 nitrogen and oxygen atoms in total. The number of aromatic nitrogens is 2. The van der Waals surface area contributed by atoms with E-state index in [0.717, 1.165) is 28.0 Å². The van der Waals surface area contributed by atoms with Crippen LogP contribution in [0.1, 0.15) is 39.7 Å². The lowest BCUT2D eigenvalue weighted by Crippen LogP contribution is -2.15. The fourth-order valence-corrected chi connectivity index (χ4v) is 3.37. The molecule has 1 aromatic carbocycles. The van der Waals surface area contributed by atoms with Gasteiger partial charge in [-0.15, -0.1) is 10.2 Å². The molecule has 0 fully saturated rings. The Morgan fingerprint density at radius 2 is 1.80 bits per heavy atom. The number of benzene rings is 1. The molecule has 0 aliphatic heterocycles. The van der Waals surface area contributed by atoms with E-state index in [1.54, 1.807) is 12.3 Å². The number of aryl methyl sites for hydroxylation is 4. The molecule has 0 aliphatic rings. The molecule has 130 valence electrons. The zero-order chi connectivity index (χ0) is 18.1. The molecule has 0 unspecified atom stereocenters. The first-order valence-electron chi connectivity index (χ1n) is 8.03. The lowest BCUT2D eigenvalue weighted by molar-refractivity contribution is 0.0993. The normalized spacial score (nSPS) is 12.4. The molecule has 2 heterocycles. The molecule has 0 spiro atoms. The number of furan rings is 1. The molecule has 2 aromatic heterocycles. The molecule has 3 rings (SSSR count). The number of carbonyl (C=O) groups excluding carboxylic acids is 1. The maximum absolute atomic E-state index is 12.8. The third-order valence-electron chi connectivity index (χ3n) is 4.25. The van der Waals surface area contributed by atoms with Crippen LogP contribution < -0.4 is 0 Å². The van der Waals surface area contributed by atoms with Gasteiger partial charge in [0.2, 0.25) is 0 Å². The zero-order valence-electron chi connectivity index (χ0n) is 14.9. The van der Waals surface area contributed by atoms with E-state index in [2.05, 4.69) is 10.2 Å². The van der Waals surface area contributed by atoms with Crippen molar-refractivity contribution in [3.63, 3.8) is 0 Å². The van der Waals surface area contributed by atoms with Gasteiger partial charge < -0.3 is 8.83 Å². The van der Waals surface area contributed by atoms with Gasteiger partial charge in [0.05, 0.1) is 17.1 Å². The predicted octanol–water partition coefficient (Wildman–Crippen LogP) is 4.93. The van der Waals surface area contributed by atoms with Crippen molar-refractivity contribution < 1.29 is 13.6 Å². The first-order valence-corrected chi connectivity index (χ1v) is 8.91. The highest BCUT2D eigenvalue weighted by Crippen LogP contribution is 2.30. The fourth-order valence-electron chi connectivity index (χ4n) is 2.62. The Kier molecular flexibility index (Phi) is 4.81. The van der Waals surface area contributed by atoms with Gasteiger partial charge in [0, 0.05) is 5.56 Å². The van der Waals surface area contributed by atoms with Gasteiger partial charge in [-0.3, -0.25) is 4.79 Å². The molecule has 0 bridgehead atoms. The second kappa shape index (κ2) is 6.88. The summed E-state index contributed by atoms with van der Waals surface area (Å²) >= 11 is 1.27. The standard InChI is InChI=1S/C19H20N2O3S/c1-10-8-12(3)16(9-11(10)2)17(22)14(5)25-19-21-20-18(24-19)15-6-7-23-13(15)4/h6-9,14H,1-5H3/t14-/m0/s1. The quantitative estimate of drug-likeness (QED) is 0.477. The van der Waals surface area contributed by atoms with Gasteiger partial charge >= 0.3 is 0 Å². The molecule has 0 amide bonds. The average molecular weight is 356 g/mol. The van der Waals surface area contributed by atoms with Crippen LogP contribution in [-0.4, -0.2) is 21.2 Å². The van der Waals surface area contributed by atoms with Gasteiger partial charge in [0.15, 0.2) is 5.78 Å². The summed E-state index contributed by atoms with van der Waals surface area (Å²) in [6, 6.07) is 5.79. The lowest BCUT2D eigenvalue weighted by Gasteiger charge is -2.12. The summed E-state index contributed by atoms with van der Waals surface area (Å²) in [5.74, 6) is 1.18. The van der Waals surface area contributed by atoms with Crippen LogP contribution in [0.2, 0.25) is 0 Å². The predicted molar refractivity (Wildman–Crippen MR) is 97.0 cm³/mol. The van der Waals surface area contributed by atoms with E-state index in [-0.39, 0.29) is 11.0 Å². The third-order valence-corrected chi connectivity index (χ3v) is 5.18. The summed E-state index contributed by atoms with van der Waals surface area (Å²) in [4.78, 5) is 12.8. The molecule has 0 radical (unpaired) electrons. The van der Waals surface area contributed by atoms with Crippen LogP contribution in [0.3, 0.4) is 0 Å². The molecular formula is C19H20N2O3S. The third kappa shape index (κ3) is 3.54. The Hall–Kier alpha value is -2.34. The van der Waals surface area contributed by atoms with Crippen molar-refractivity contribution in [3.05, 3.63) is 52.5 Å². The summed E-state index contributed by atoms with van der Waals surface area (Å²) in [6.07, 6.45) is 1.58. The smallest absolute Gasteiger partial charge is 0.277 e. The van der Waals surface area contributed by atoms with Crippen molar-refractivity contribution in [2.75, 3.05) is 0 Å². The highest BCUT2D eigenvalue weighted by Gasteiger charge is 2.22. The van der Waals surface area contributed by atoms with Gasteiger partial charge in [-0.25, -0.2) is 0 Å². The molecule has 3 aromatic rings. The van der Waals surface area contributed by atoms with E-state index in [9.17, 15) is 4.79 Å². The number of rotatable bonds is 5. The van der Waals surface area contributed by atoms with Crippen LogP contribution in [0, 0.1) is 27.7 Å². The molecule has 1 atom stereocenters. The molecule has 0 saturated carbocycles. The fraction of sp³-hybridized carbons (Fsp3) is 0.316. The van der Waals surface area contributed by atoms with E-state index in [1.807, 2.05) is 46.8 Å². The molecule has 6 heteroatoms. The Morgan fingerprint density at radius 1 is 1.08 bits per heavy atom. The van der Waals surface area contributed by atoms with Gasteiger partial charge in [0.1, 0.15) is 5.76 Å². The van der Waals surface area contributed by atoms with Crippen molar-refractivity contribution in [2.45, 2.75) is 45.1 Å². The van der Waals surface area contributed by atoms with Gasteiger partial charge in [-0.1, -0.05) is 17.8 Å². The Bertz CT molecular complexity index is 927. The number of hydrogen-bond donors (Lipinski definition) is 0. The number of Topliss-reactive ketones (excluding diaryl/α,β-unsaturated/α-hetero) is 1. The maximum atomic E-state index is 12.8. The number of hydrogen-bond acceptors (Lipinski definition) is 6. The van der Waals surface area contributed by atoms with E-state index in [1.165, 1.54) is 17.3 Å². The first kappa shape index (κ1) is 17.5. The van der Waals surface area contributed by atoms with Crippen molar-refractivity contribution >= 4 is 17.5 Å². The summed E-state index contributed by atoms with van der Waals surface area (Å²) < 4.78 is 10.9. The van der Waals surface area contributed by atoms with E-state index in [0.29, 0.717) is 11.1 Å². The minimum atomic E-state index is -0.320. The second-order valence-corrected chi connectivity index (χ2v) is 7.43. The molecule has 0 saturated heterocycles. The zero-order valence-corrected chi connectivity index (χ0v) is 15.7. The van der Waals surface area contributed by atoms with Gasteiger partial charge in [0.25, 0.3) is 11.1 Å². The van der Waals surface area contributed by atoms with E-state index < -0.39 is 0 Å². The van der Waals surface area contributed by atoms with Crippen LogP contribution >= 0.6 is 11.8 Å². The topological polar surface area (TPSA) is 69.1 Å². The SMILES string of the molecule is Cc1cc(C)c(C(=O)[C@H](C)Sc2nnc(-c3ccoc3C)o2)cc1C. The molecule has 0 aliphatic carbocycles. The van der Waals surface area contributed by atoms with E-state index >= 15 is 0 Å². The summed E-state index contributed by atoms with van der Waals surface area (Å²) in [5, 5.41) is 8.13. The Morgan fingerprint density at radius 3 is 2.48 bits per heavy atom. The van der Waals surface area contributed by atoms with Crippen LogP contribution in [-0.2, 0) is 0 Å². The minimum absolute atomic E-state index is 0.0600. The highest BCUT2D eigenvalue weighted by atomic mass is 32.2. The summed E-state index contributed by atoms with van der Waals surface area (Å²) in [6.45, 7) is 9.71. The second-order valence-electron chi connectivity index (χ2n) is 6.14. The van der Waals surface area contributed by atoms with Crippen LogP contribution in [0.4, 0.5) is 0 Å². The lowest BCUT2D eigenvalue weighted by atomic mass is 9.97. The maximum Gasteiger partial charge on any atom is 0.277 e. The van der Waals surface area contributed by atoms with Crippen LogP contribution in [0.15, 0.2) is 38.5 Å². The number of nitrogens with zero attached hydrogens (tertiary/aromatic N) is 2. The monoisotopic (exact) mass is 356 g/mol. The van der Waals surface area contributed by atoms with Crippen molar-refractivity contribution in [2.24, 2.45) is 0 Å². The molecule has 0 N–H and O–H groups in total. The summed E-state index contributed by atoms with van der Waals surface area (Å²) in [5.41, 5.74) is 4.80. The molecule has 25 heavy (non-hydrogen) atoms. The number of carbonyl (C=O) groups is 1. The highest BCUT2D eigenvalue weighted by molar-refractivity contribution is 8.00. The van der Waals surface area contributed by atoms with Gasteiger partial charge in [-0.05, 0) is 63.4 Å². The van der Waals surface area contributed by atoms with Gasteiger partial charge in [-0.2, -0.15) is 0 Å². The van der Waals surface area contributed by atoms with Crippen molar-refractivity contribution in [1.82, 2.24) is 10.2 Å². The van der Waals surface area contributed by atoms with Crippen molar-refractivity contribution in [1.29, 1.82) is 0 Å². The minimum Gasteiger partial charge on any atom is -0.469 e. The summed E-state index contributed by atoms with van der Waals surface area (Å²) in [7, 11) is 0. The van der Waals surface area contributed by atoms with Crippen LogP contribution in [0.25, 0.3) is 11.5 Å². The Labute approximate surface area is 150 Å². The average Bonchev–Trinajstić information content (AvgIpc) is 3.18. The number of thioether (sulfide) groups is 1. The van der Waals surface area contributed by atoms with E-state index in [4.69, 9.17) is 8.83 Å². The van der Waals surface area contributed by atoms with Crippen LogP contribution in [0.5, 0.6) is 0 Å². The first-order chi connectivity index (χ1) is 11.9.